The van der Waals surface area contributed by atoms with Gasteiger partial charge in [0, 0.05) is 5.56 Å². The summed E-state index contributed by atoms with van der Waals surface area (Å²) in [5.41, 5.74) is 2.43. The molecule has 2 aromatic rings. The summed E-state index contributed by atoms with van der Waals surface area (Å²) in [5.74, 6) is -0.974. The number of benzene rings is 1. The van der Waals surface area contributed by atoms with Crippen LogP contribution in [-0.2, 0) is 9.59 Å². The summed E-state index contributed by atoms with van der Waals surface area (Å²) >= 11 is 0. The Bertz CT molecular complexity index is 897. The molecule has 1 atom stereocenters. The minimum absolute atomic E-state index is 0.0809. The van der Waals surface area contributed by atoms with Crippen molar-refractivity contribution in [3.05, 3.63) is 64.6 Å². The number of nitrogens with one attached hydrogen (secondary N) is 1. The van der Waals surface area contributed by atoms with Crippen LogP contribution in [0, 0.1) is 13.8 Å². The van der Waals surface area contributed by atoms with E-state index in [9.17, 15) is 14.7 Å². The number of likely N-dealkylation sites (tertiary alicyclic amines) is 1. The summed E-state index contributed by atoms with van der Waals surface area (Å²) < 4.78 is 5.52. The molecule has 1 fully saturated rings. The number of carbonyl (C=O) groups excluding carboxylic acids is 2. The van der Waals surface area contributed by atoms with Crippen LogP contribution >= 0.6 is 0 Å². The highest BCUT2D eigenvalue weighted by Gasteiger charge is 2.47. The Morgan fingerprint density at radius 1 is 1.22 bits per heavy atom. The number of Topliss-reactive ketones (excluding diaryl/α,β-unsaturated/α-hetero) is 1. The van der Waals surface area contributed by atoms with Crippen molar-refractivity contribution in [2.45, 2.75) is 19.9 Å². The van der Waals surface area contributed by atoms with Gasteiger partial charge in [0.2, 0.25) is 0 Å². The highest BCUT2D eigenvalue weighted by atomic mass is 16.3. The van der Waals surface area contributed by atoms with E-state index >= 15 is 0 Å². The fourth-order valence-electron chi connectivity index (χ4n) is 3.33. The van der Waals surface area contributed by atoms with Gasteiger partial charge in [-0.3, -0.25) is 9.59 Å². The first-order chi connectivity index (χ1) is 12.8. The van der Waals surface area contributed by atoms with Gasteiger partial charge in [-0.05, 0) is 37.6 Å². The molecule has 0 aliphatic carbocycles. The summed E-state index contributed by atoms with van der Waals surface area (Å²) in [6.45, 7) is 4.84. The molecule has 2 N–H and O–H groups in total. The van der Waals surface area contributed by atoms with E-state index in [4.69, 9.17) is 4.42 Å². The Balaban J connectivity index is 2.15. The average molecular weight is 369 g/mol. The van der Waals surface area contributed by atoms with Crippen LogP contribution in [0.5, 0.6) is 0 Å². The molecule has 0 saturated carbocycles. The second kappa shape index (κ2) is 7.40. The number of carbonyl (C=O) groups is 2. The number of rotatable bonds is 5. The summed E-state index contributed by atoms with van der Waals surface area (Å²) in [5, 5.41) is 11.0. The summed E-state index contributed by atoms with van der Waals surface area (Å²) in [6, 6.07) is 8.36. The zero-order valence-electron chi connectivity index (χ0n) is 16.1. The number of likely N-dealkylation sites (N-methyl/N-ethyl adjacent to an activating group) is 1. The number of hydrogen-bond acceptors (Lipinski definition) is 4. The zero-order chi connectivity index (χ0) is 19.7. The molecule has 1 aliphatic rings. The van der Waals surface area contributed by atoms with Crippen molar-refractivity contribution in [1.82, 2.24) is 4.90 Å². The molecule has 3 rings (SSSR count). The molecule has 1 amide bonds. The van der Waals surface area contributed by atoms with E-state index in [1.807, 2.05) is 46.1 Å². The van der Waals surface area contributed by atoms with Crippen LogP contribution in [0.15, 0.2) is 46.6 Å². The van der Waals surface area contributed by atoms with Crippen LogP contribution in [-0.4, -0.2) is 48.9 Å². The standard InChI is InChI=1S/C21H24N2O4/c1-13-7-8-14(2)15(12-13)19(24)17-18(16-6-5-11-27-16)23(10-9-22(3)4)21(26)20(17)25/h5-8,11-12,18,24H,9-10H2,1-4H3/p+1/t18-/m0/s1. The third-order valence-electron chi connectivity index (χ3n) is 4.85. The maximum atomic E-state index is 12.8. The van der Waals surface area contributed by atoms with Crippen molar-refractivity contribution in [2.24, 2.45) is 0 Å². The normalized spacial score (nSPS) is 19.3. The Morgan fingerprint density at radius 3 is 2.59 bits per heavy atom. The predicted octanol–water partition coefficient (Wildman–Crippen LogP) is 1.46. The van der Waals surface area contributed by atoms with E-state index < -0.39 is 17.7 Å². The van der Waals surface area contributed by atoms with Gasteiger partial charge < -0.3 is 19.3 Å². The highest BCUT2D eigenvalue weighted by molar-refractivity contribution is 6.46. The van der Waals surface area contributed by atoms with Gasteiger partial charge in [-0.25, -0.2) is 0 Å². The van der Waals surface area contributed by atoms with E-state index in [0.717, 1.165) is 16.0 Å². The van der Waals surface area contributed by atoms with Crippen molar-refractivity contribution in [3.8, 4) is 0 Å². The maximum Gasteiger partial charge on any atom is 0.295 e. The van der Waals surface area contributed by atoms with Gasteiger partial charge in [-0.15, -0.1) is 0 Å². The Labute approximate surface area is 158 Å². The number of aliphatic hydroxyl groups is 1. The Morgan fingerprint density at radius 2 is 1.96 bits per heavy atom. The van der Waals surface area contributed by atoms with E-state index in [0.29, 0.717) is 24.4 Å². The Hall–Kier alpha value is -2.86. The lowest BCUT2D eigenvalue weighted by molar-refractivity contribution is -0.857. The smallest absolute Gasteiger partial charge is 0.295 e. The number of ketones is 1. The molecule has 0 bridgehead atoms. The molecule has 27 heavy (non-hydrogen) atoms. The number of nitrogens with zero attached hydrogens (tertiary/aromatic N) is 1. The molecule has 6 nitrogen and oxygen atoms in total. The van der Waals surface area contributed by atoms with Crippen LogP contribution in [0.4, 0.5) is 0 Å². The second-order valence-electron chi connectivity index (χ2n) is 7.28. The van der Waals surface area contributed by atoms with Crippen LogP contribution in [0.2, 0.25) is 0 Å². The quantitative estimate of drug-likeness (QED) is 0.475. The SMILES string of the molecule is Cc1ccc(C)c(C(O)=C2C(=O)C(=O)N(CC[NH+](C)C)[C@H]2c2ccco2)c1. The van der Waals surface area contributed by atoms with Crippen LogP contribution in [0.3, 0.4) is 0 Å². The van der Waals surface area contributed by atoms with Crippen molar-refractivity contribution in [3.63, 3.8) is 0 Å². The number of amides is 1. The summed E-state index contributed by atoms with van der Waals surface area (Å²) in [4.78, 5) is 28.2. The summed E-state index contributed by atoms with van der Waals surface area (Å²) in [7, 11) is 3.96. The summed E-state index contributed by atoms with van der Waals surface area (Å²) in [6.07, 6.45) is 1.50. The molecule has 1 aromatic carbocycles. The molecule has 0 radical (unpaired) electrons. The van der Waals surface area contributed by atoms with Gasteiger partial charge in [0.15, 0.2) is 0 Å². The maximum absolute atomic E-state index is 12.8. The third-order valence-corrected chi connectivity index (χ3v) is 4.85. The molecule has 0 unspecified atom stereocenters. The number of furan rings is 1. The van der Waals surface area contributed by atoms with Gasteiger partial charge in [0.25, 0.3) is 11.7 Å². The number of aryl methyl sites for hydroxylation is 2. The first-order valence-electron chi connectivity index (χ1n) is 8.99. The monoisotopic (exact) mass is 369 g/mol. The Kier molecular flexibility index (Phi) is 5.19. The lowest BCUT2D eigenvalue weighted by atomic mass is 9.96. The number of quaternary nitrogens is 1. The van der Waals surface area contributed by atoms with Gasteiger partial charge in [0.1, 0.15) is 17.6 Å². The molecule has 1 aliphatic heterocycles. The fraction of sp³-hybridized carbons (Fsp3) is 0.333. The lowest BCUT2D eigenvalue weighted by Crippen LogP contribution is -3.06. The molecule has 142 valence electrons. The van der Waals surface area contributed by atoms with Crippen LogP contribution < -0.4 is 4.90 Å². The molecular weight excluding hydrogens is 344 g/mol. The van der Waals surface area contributed by atoms with Crippen LogP contribution in [0.25, 0.3) is 5.76 Å². The van der Waals surface area contributed by atoms with Gasteiger partial charge in [-0.2, -0.15) is 0 Å². The van der Waals surface area contributed by atoms with E-state index in [2.05, 4.69) is 0 Å². The molecule has 1 saturated heterocycles. The largest absolute Gasteiger partial charge is 0.507 e. The second-order valence-corrected chi connectivity index (χ2v) is 7.28. The first-order valence-corrected chi connectivity index (χ1v) is 8.99. The minimum Gasteiger partial charge on any atom is -0.507 e. The van der Waals surface area contributed by atoms with Gasteiger partial charge in [0.05, 0.1) is 39.0 Å². The van der Waals surface area contributed by atoms with Crippen LogP contribution in [0.1, 0.15) is 28.5 Å². The fourth-order valence-corrected chi connectivity index (χ4v) is 3.33. The van der Waals surface area contributed by atoms with E-state index in [1.54, 1.807) is 12.1 Å². The third kappa shape index (κ3) is 3.53. The van der Waals surface area contributed by atoms with Crippen molar-refractivity contribution in [1.29, 1.82) is 0 Å². The van der Waals surface area contributed by atoms with Crippen molar-refractivity contribution >= 4 is 17.4 Å². The molecule has 1 aromatic heterocycles. The van der Waals surface area contributed by atoms with E-state index in [1.165, 1.54) is 11.2 Å². The highest BCUT2D eigenvalue weighted by Crippen LogP contribution is 2.39. The lowest BCUT2D eigenvalue weighted by Gasteiger charge is -2.23. The van der Waals surface area contributed by atoms with E-state index in [-0.39, 0.29) is 11.3 Å². The van der Waals surface area contributed by atoms with Crippen molar-refractivity contribution in [2.75, 3.05) is 27.2 Å². The average Bonchev–Trinajstić information content (AvgIpc) is 3.22. The van der Waals surface area contributed by atoms with Crippen molar-refractivity contribution < 1.29 is 24.0 Å². The molecule has 2 heterocycles. The van der Waals surface area contributed by atoms with Gasteiger partial charge >= 0.3 is 0 Å². The minimum atomic E-state index is -0.723. The zero-order valence-corrected chi connectivity index (χ0v) is 16.1. The first kappa shape index (κ1) is 18.9. The number of hydrogen-bond donors (Lipinski definition) is 2. The molecule has 0 spiro atoms. The topological polar surface area (TPSA) is 75.2 Å². The molecular formula is C21H25N2O4+. The predicted molar refractivity (Wildman–Crippen MR) is 101 cm³/mol. The molecule has 6 heteroatoms. The van der Waals surface area contributed by atoms with Gasteiger partial charge in [-0.1, -0.05) is 17.7 Å². The number of aliphatic hydroxyl groups excluding tert-OH is 1.